The van der Waals surface area contributed by atoms with E-state index in [4.69, 9.17) is 0 Å². The van der Waals surface area contributed by atoms with Gasteiger partial charge in [-0.15, -0.1) is 0 Å². The first kappa shape index (κ1) is 14.0. The van der Waals surface area contributed by atoms with Gasteiger partial charge in [0.25, 0.3) is 0 Å². The maximum absolute atomic E-state index is 2.68. The minimum absolute atomic E-state index is 0.639. The summed E-state index contributed by atoms with van der Waals surface area (Å²) in [4.78, 5) is 5.35. The topological polar surface area (TPSA) is 6.48 Å². The largest absolute Gasteiger partial charge is 0.284 e. The molecule has 3 atom stereocenters. The number of hydrogen-bond donors (Lipinski definition) is 0. The van der Waals surface area contributed by atoms with Crippen LogP contribution in [0.1, 0.15) is 48.5 Å². The van der Waals surface area contributed by atoms with E-state index in [1.807, 2.05) is 0 Å². The molecule has 1 rings (SSSR count). The molecule has 0 bridgehead atoms. The smallest absolute Gasteiger partial charge is 0.0656 e. The minimum atomic E-state index is 0.639. The van der Waals surface area contributed by atoms with Crippen LogP contribution in [0.15, 0.2) is 0 Å². The highest BCUT2D eigenvalue weighted by molar-refractivity contribution is 4.92. The summed E-state index contributed by atoms with van der Waals surface area (Å²) in [6.07, 6.45) is 0.639. The maximum atomic E-state index is 2.68. The molecule has 16 heavy (non-hydrogen) atoms. The average Bonchev–Trinajstić information content (AvgIpc) is 2.53. The van der Waals surface area contributed by atoms with Crippen LogP contribution in [-0.4, -0.2) is 41.1 Å². The molecule has 1 aliphatic rings. The number of hydrogen-bond acceptors (Lipinski definition) is 2. The van der Waals surface area contributed by atoms with Crippen molar-refractivity contribution < 1.29 is 0 Å². The summed E-state index contributed by atoms with van der Waals surface area (Å²) in [5.74, 6) is 1.50. The predicted molar refractivity (Wildman–Crippen MR) is 71.5 cm³/mol. The van der Waals surface area contributed by atoms with Gasteiger partial charge in [-0.2, -0.15) is 0 Å². The van der Waals surface area contributed by atoms with Crippen LogP contribution in [-0.2, 0) is 0 Å². The Kier molecular flexibility index (Phi) is 4.81. The molecule has 0 aromatic heterocycles. The fourth-order valence-corrected chi connectivity index (χ4v) is 2.93. The SMILES string of the molecule is CCN1C(C(C)C(C)C)N(C(C)C)C[C@@H]1C. The van der Waals surface area contributed by atoms with Crippen LogP contribution in [0, 0.1) is 11.8 Å². The zero-order valence-electron chi connectivity index (χ0n) is 12.2. The number of nitrogens with zero attached hydrogens (tertiary/aromatic N) is 2. The molecule has 1 aliphatic heterocycles. The molecule has 0 aromatic carbocycles. The van der Waals surface area contributed by atoms with Crippen molar-refractivity contribution in [3.63, 3.8) is 0 Å². The summed E-state index contributed by atoms with van der Waals surface area (Å²) in [6, 6.07) is 1.36. The molecule has 0 aromatic rings. The predicted octanol–water partition coefficient (Wildman–Crippen LogP) is 3.04. The molecule has 96 valence electrons. The van der Waals surface area contributed by atoms with Crippen LogP contribution in [0.4, 0.5) is 0 Å². The standard InChI is InChI=1S/C14H30N2/c1-8-15-12(6)9-16(11(4)5)14(15)13(7)10(2)3/h10-14H,8-9H2,1-7H3/t12-,13?,14?/m0/s1. The number of rotatable bonds is 4. The molecule has 0 radical (unpaired) electrons. The van der Waals surface area contributed by atoms with Gasteiger partial charge in [-0.1, -0.05) is 27.7 Å². The summed E-state index contributed by atoms with van der Waals surface area (Å²) in [6.45, 7) is 18.8. The summed E-state index contributed by atoms with van der Waals surface area (Å²) in [5, 5.41) is 0. The zero-order valence-corrected chi connectivity index (χ0v) is 12.2. The maximum Gasteiger partial charge on any atom is 0.0656 e. The Morgan fingerprint density at radius 1 is 1.12 bits per heavy atom. The van der Waals surface area contributed by atoms with Crippen molar-refractivity contribution in [3.05, 3.63) is 0 Å². The summed E-state index contributed by atoms with van der Waals surface area (Å²) >= 11 is 0. The Labute approximate surface area is 102 Å². The molecule has 2 unspecified atom stereocenters. The van der Waals surface area contributed by atoms with Gasteiger partial charge in [-0.25, -0.2) is 0 Å². The Balaban J connectivity index is 2.87. The Bertz CT molecular complexity index is 213. The lowest BCUT2D eigenvalue weighted by molar-refractivity contribution is 0.0428. The van der Waals surface area contributed by atoms with Crippen molar-refractivity contribution in [1.82, 2.24) is 9.80 Å². The van der Waals surface area contributed by atoms with E-state index < -0.39 is 0 Å². The lowest BCUT2D eigenvalue weighted by Gasteiger charge is -2.38. The van der Waals surface area contributed by atoms with Gasteiger partial charge in [0.15, 0.2) is 0 Å². The summed E-state index contributed by atoms with van der Waals surface area (Å²) < 4.78 is 0. The third-order valence-electron chi connectivity index (χ3n) is 4.27. The molecule has 1 fully saturated rings. The molecule has 0 spiro atoms. The van der Waals surface area contributed by atoms with E-state index in [0.29, 0.717) is 18.2 Å². The lowest BCUT2D eigenvalue weighted by atomic mass is 9.93. The molecule has 0 aliphatic carbocycles. The molecular formula is C14H30N2. The van der Waals surface area contributed by atoms with Gasteiger partial charge in [-0.05, 0) is 39.2 Å². The van der Waals surface area contributed by atoms with Gasteiger partial charge in [0.1, 0.15) is 0 Å². The molecule has 0 N–H and O–H groups in total. The zero-order chi connectivity index (χ0) is 12.5. The number of likely N-dealkylation sites (N-methyl/N-ethyl adjacent to an activating group) is 1. The van der Waals surface area contributed by atoms with Crippen molar-refractivity contribution in [3.8, 4) is 0 Å². The Hall–Kier alpha value is -0.0800. The molecular weight excluding hydrogens is 196 g/mol. The van der Waals surface area contributed by atoms with Crippen molar-refractivity contribution >= 4 is 0 Å². The van der Waals surface area contributed by atoms with Crippen molar-refractivity contribution in [2.45, 2.75) is 66.7 Å². The fourth-order valence-electron chi connectivity index (χ4n) is 2.93. The first-order valence-electron chi connectivity index (χ1n) is 6.91. The second kappa shape index (κ2) is 5.50. The van der Waals surface area contributed by atoms with Crippen molar-refractivity contribution in [1.29, 1.82) is 0 Å². The normalized spacial score (nSPS) is 30.6. The van der Waals surface area contributed by atoms with E-state index in [0.717, 1.165) is 11.8 Å². The minimum Gasteiger partial charge on any atom is -0.284 e. The average molecular weight is 226 g/mol. The Morgan fingerprint density at radius 3 is 2.06 bits per heavy atom. The van der Waals surface area contributed by atoms with Gasteiger partial charge in [0, 0.05) is 18.6 Å². The van der Waals surface area contributed by atoms with Gasteiger partial charge < -0.3 is 0 Å². The third-order valence-corrected chi connectivity index (χ3v) is 4.27. The Morgan fingerprint density at radius 2 is 1.69 bits per heavy atom. The highest BCUT2D eigenvalue weighted by atomic mass is 15.4. The van der Waals surface area contributed by atoms with E-state index in [1.165, 1.54) is 13.1 Å². The highest BCUT2D eigenvalue weighted by Gasteiger charge is 2.40. The van der Waals surface area contributed by atoms with E-state index >= 15 is 0 Å². The summed E-state index contributed by atoms with van der Waals surface area (Å²) in [7, 11) is 0. The van der Waals surface area contributed by atoms with E-state index in [1.54, 1.807) is 0 Å². The molecule has 2 heteroatoms. The van der Waals surface area contributed by atoms with Gasteiger partial charge >= 0.3 is 0 Å². The monoisotopic (exact) mass is 226 g/mol. The summed E-state index contributed by atoms with van der Waals surface area (Å²) in [5.41, 5.74) is 0. The van der Waals surface area contributed by atoms with Crippen LogP contribution in [0.5, 0.6) is 0 Å². The van der Waals surface area contributed by atoms with Gasteiger partial charge in [-0.3, -0.25) is 9.80 Å². The quantitative estimate of drug-likeness (QED) is 0.727. The van der Waals surface area contributed by atoms with Crippen LogP contribution in [0.2, 0.25) is 0 Å². The second-order valence-corrected chi connectivity index (χ2v) is 5.99. The van der Waals surface area contributed by atoms with Crippen LogP contribution >= 0.6 is 0 Å². The van der Waals surface area contributed by atoms with E-state index in [2.05, 4.69) is 58.3 Å². The van der Waals surface area contributed by atoms with Crippen molar-refractivity contribution in [2.75, 3.05) is 13.1 Å². The molecule has 0 saturated carbocycles. The van der Waals surface area contributed by atoms with Crippen LogP contribution < -0.4 is 0 Å². The van der Waals surface area contributed by atoms with Crippen LogP contribution in [0.3, 0.4) is 0 Å². The molecule has 1 saturated heterocycles. The van der Waals surface area contributed by atoms with E-state index in [-0.39, 0.29) is 0 Å². The van der Waals surface area contributed by atoms with Crippen molar-refractivity contribution in [2.24, 2.45) is 11.8 Å². The highest BCUT2D eigenvalue weighted by Crippen LogP contribution is 2.31. The first-order chi connectivity index (χ1) is 7.40. The second-order valence-electron chi connectivity index (χ2n) is 5.99. The first-order valence-corrected chi connectivity index (χ1v) is 6.91. The molecule has 1 heterocycles. The van der Waals surface area contributed by atoms with Gasteiger partial charge in [0.05, 0.1) is 6.17 Å². The third kappa shape index (κ3) is 2.60. The lowest BCUT2D eigenvalue weighted by Crippen LogP contribution is -2.48. The van der Waals surface area contributed by atoms with E-state index in [9.17, 15) is 0 Å². The molecule has 2 nitrogen and oxygen atoms in total. The fraction of sp³-hybridized carbons (Fsp3) is 1.00. The van der Waals surface area contributed by atoms with Gasteiger partial charge in [0.2, 0.25) is 0 Å². The van der Waals surface area contributed by atoms with Crippen LogP contribution in [0.25, 0.3) is 0 Å². The molecule has 0 amide bonds.